The van der Waals surface area contributed by atoms with E-state index in [0.717, 1.165) is 31.1 Å². The number of fused-ring (bicyclic) bond motifs is 1. The molecule has 2 aliphatic heterocycles. The fourth-order valence-corrected chi connectivity index (χ4v) is 4.11. The number of nitrogens with zero attached hydrogens (tertiary/aromatic N) is 4. The van der Waals surface area contributed by atoms with Crippen LogP contribution >= 0.6 is 0 Å². The number of nitrogens with one attached hydrogen (secondary N) is 1. The van der Waals surface area contributed by atoms with Gasteiger partial charge in [-0.3, -0.25) is 4.90 Å². The molecule has 6 heteroatoms. The minimum atomic E-state index is 0.478. The molecule has 24 heavy (non-hydrogen) atoms. The van der Waals surface area contributed by atoms with E-state index in [1.54, 1.807) is 0 Å². The summed E-state index contributed by atoms with van der Waals surface area (Å²) in [5, 5.41) is 8.39. The largest absolute Gasteiger partial charge is 0.381 e. The summed E-state index contributed by atoms with van der Waals surface area (Å²) in [5.74, 6) is 1.66. The molecule has 2 aromatic heterocycles. The minimum absolute atomic E-state index is 0.478. The molecule has 128 valence electrons. The average molecular weight is 327 g/mol. The molecular formula is C18H25N5O. The smallest absolute Gasteiger partial charge is 0.152 e. The molecule has 2 aromatic rings. The normalized spacial score (nSPS) is 26.2. The molecule has 0 aromatic carbocycles. The van der Waals surface area contributed by atoms with E-state index in [1.807, 2.05) is 16.9 Å². The van der Waals surface area contributed by atoms with Gasteiger partial charge < -0.3 is 10.1 Å². The fourth-order valence-electron chi connectivity index (χ4n) is 4.11. The number of aromatic nitrogens is 3. The van der Waals surface area contributed by atoms with E-state index in [9.17, 15) is 0 Å². The molecule has 1 aliphatic carbocycles. The lowest BCUT2D eigenvalue weighted by Crippen LogP contribution is -2.39. The summed E-state index contributed by atoms with van der Waals surface area (Å²) in [4.78, 5) is 7.22. The highest BCUT2D eigenvalue weighted by Crippen LogP contribution is 2.40. The van der Waals surface area contributed by atoms with Crippen LogP contribution in [0.15, 0.2) is 18.5 Å². The molecule has 6 nitrogen and oxygen atoms in total. The van der Waals surface area contributed by atoms with E-state index < -0.39 is 0 Å². The first kappa shape index (κ1) is 14.7. The highest BCUT2D eigenvalue weighted by Gasteiger charge is 2.30. The summed E-state index contributed by atoms with van der Waals surface area (Å²) >= 11 is 0. The third-order valence-electron chi connectivity index (χ3n) is 5.67. The lowest BCUT2D eigenvalue weighted by Gasteiger charge is -2.31. The van der Waals surface area contributed by atoms with Gasteiger partial charge in [0.25, 0.3) is 0 Å². The Bertz CT molecular complexity index is 719. The lowest BCUT2D eigenvalue weighted by molar-refractivity contribution is 0.0421. The van der Waals surface area contributed by atoms with Crippen LogP contribution < -0.4 is 5.32 Å². The summed E-state index contributed by atoms with van der Waals surface area (Å²) < 4.78 is 7.47. The van der Waals surface area contributed by atoms with Crippen molar-refractivity contribution in [1.82, 2.24) is 19.5 Å². The zero-order valence-electron chi connectivity index (χ0n) is 14.0. The van der Waals surface area contributed by atoms with E-state index in [2.05, 4.69) is 21.3 Å². The minimum Gasteiger partial charge on any atom is -0.381 e. The van der Waals surface area contributed by atoms with E-state index in [1.165, 1.54) is 44.3 Å². The van der Waals surface area contributed by atoms with Gasteiger partial charge in [0, 0.05) is 56.7 Å². The summed E-state index contributed by atoms with van der Waals surface area (Å²) in [7, 11) is 0. The number of ether oxygens (including phenoxy) is 1. The van der Waals surface area contributed by atoms with Gasteiger partial charge in [0.2, 0.25) is 0 Å². The third kappa shape index (κ3) is 2.78. The second kappa shape index (κ2) is 6.01. The maximum atomic E-state index is 5.49. The van der Waals surface area contributed by atoms with Crippen molar-refractivity contribution < 1.29 is 4.74 Å². The van der Waals surface area contributed by atoms with Gasteiger partial charge in [-0.05, 0) is 38.2 Å². The Labute approximate surface area is 142 Å². The molecule has 2 saturated heterocycles. The van der Waals surface area contributed by atoms with Crippen LogP contribution in [0.5, 0.6) is 0 Å². The molecule has 3 fully saturated rings. The van der Waals surface area contributed by atoms with Crippen molar-refractivity contribution in [3.63, 3.8) is 0 Å². The second-order valence-corrected chi connectivity index (χ2v) is 7.42. The zero-order chi connectivity index (χ0) is 15.9. The topological polar surface area (TPSA) is 54.7 Å². The molecule has 1 N–H and O–H groups in total. The third-order valence-corrected chi connectivity index (χ3v) is 5.67. The predicted octanol–water partition coefficient (Wildman–Crippen LogP) is 2.27. The number of hydrogen-bond acceptors (Lipinski definition) is 5. The molecule has 1 saturated carbocycles. The molecular weight excluding hydrogens is 302 g/mol. The molecule has 4 heterocycles. The summed E-state index contributed by atoms with van der Waals surface area (Å²) in [6, 6.07) is 3.40. The Hall–Kier alpha value is -1.66. The van der Waals surface area contributed by atoms with Crippen molar-refractivity contribution in [3.05, 3.63) is 24.2 Å². The van der Waals surface area contributed by atoms with Crippen molar-refractivity contribution in [2.75, 3.05) is 31.6 Å². The molecule has 0 radical (unpaired) electrons. The van der Waals surface area contributed by atoms with Crippen LogP contribution in [0.3, 0.4) is 0 Å². The summed E-state index contributed by atoms with van der Waals surface area (Å²) in [6.07, 6.45) is 9.90. The Morgan fingerprint density at radius 3 is 2.83 bits per heavy atom. The van der Waals surface area contributed by atoms with Crippen molar-refractivity contribution in [3.8, 4) is 0 Å². The Morgan fingerprint density at radius 2 is 2.00 bits per heavy atom. The van der Waals surface area contributed by atoms with Gasteiger partial charge >= 0.3 is 0 Å². The number of likely N-dealkylation sites (tertiary alicyclic amines) is 1. The SMILES string of the molecule is c1cn2nc(C3CC3)cc2c(NC2CCN(C3CCOCC3)C2)n1. The van der Waals surface area contributed by atoms with Crippen LogP contribution in [0.2, 0.25) is 0 Å². The Kier molecular flexibility index (Phi) is 3.67. The van der Waals surface area contributed by atoms with Crippen molar-refractivity contribution >= 4 is 11.3 Å². The van der Waals surface area contributed by atoms with Crippen molar-refractivity contribution in [2.45, 2.75) is 50.1 Å². The molecule has 3 aliphatic rings. The second-order valence-electron chi connectivity index (χ2n) is 7.42. The molecule has 5 rings (SSSR count). The van der Waals surface area contributed by atoms with Crippen molar-refractivity contribution in [2.24, 2.45) is 0 Å². The van der Waals surface area contributed by atoms with Crippen LogP contribution in [-0.2, 0) is 4.74 Å². The standard InChI is InChI=1S/C18H25N5O/c1-2-13(1)16-11-17-18(19-6-8-23(17)21-16)20-14-3-7-22(12-14)15-4-9-24-10-5-15/h6,8,11,13-15H,1-5,7,9-10,12H2,(H,19,20). The van der Waals surface area contributed by atoms with Gasteiger partial charge in [0.1, 0.15) is 5.52 Å². The van der Waals surface area contributed by atoms with Crippen LogP contribution in [0.4, 0.5) is 5.82 Å². The average Bonchev–Trinajstić information content (AvgIpc) is 3.20. The first-order valence-electron chi connectivity index (χ1n) is 9.29. The van der Waals surface area contributed by atoms with Crippen LogP contribution in [0.25, 0.3) is 5.52 Å². The van der Waals surface area contributed by atoms with E-state index in [0.29, 0.717) is 18.0 Å². The van der Waals surface area contributed by atoms with Crippen LogP contribution in [0, 0.1) is 0 Å². The van der Waals surface area contributed by atoms with Gasteiger partial charge in [0.15, 0.2) is 5.82 Å². The van der Waals surface area contributed by atoms with Crippen LogP contribution in [0.1, 0.15) is 43.7 Å². The molecule has 1 atom stereocenters. The maximum absolute atomic E-state index is 5.49. The molecule has 0 bridgehead atoms. The molecule has 0 amide bonds. The van der Waals surface area contributed by atoms with Gasteiger partial charge in [-0.25, -0.2) is 9.50 Å². The Morgan fingerprint density at radius 1 is 1.12 bits per heavy atom. The van der Waals surface area contributed by atoms with Gasteiger partial charge in [-0.15, -0.1) is 0 Å². The fraction of sp³-hybridized carbons (Fsp3) is 0.667. The van der Waals surface area contributed by atoms with E-state index >= 15 is 0 Å². The first-order chi connectivity index (χ1) is 11.9. The van der Waals surface area contributed by atoms with E-state index in [4.69, 9.17) is 9.84 Å². The van der Waals surface area contributed by atoms with Crippen molar-refractivity contribution in [1.29, 1.82) is 0 Å². The lowest BCUT2D eigenvalue weighted by atomic mass is 10.1. The highest BCUT2D eigenvalue weighted by molar-refractivity contribution is 5.68. The molecule has 0 spiro atoms. The van der Waals surface area contributed by atoms with Crippen LogP contribution in [-0.4, -0.2) is 57.9 Å². The van der Waals surface area contributed by atoms with Gasteiger partial charge in [-0.2, -0.15) is 5.10 Å². The first-order valence-corrected chi connectivity index (χ1v) is 9.29. The summed E-state index contributed by atoms with van der Waals surface area (Å²) in [5.41, 5.74) is 2.34. The zero-order valence-corrected chi connectivity index (χ0v) is 14.0. The van der Waals surface area contributed by atoms with Gasteiger partial charge in [-0.1, -0.05) is 0 Å². The highest BCUT2D eigenvalue weighted by atomic mass is 16.5. The van der Waals surface area contributed by atoms with E-state index in [-0.39, 0.29) is 0 Å². The monoisotopic (exact) mass is 327 g/mol. The summed E-state index contributed by atoms with van der Waals surface area (Å²) in [6.45, 7) is 4.12. The van der Waals surface area contributed by atoms with Gasteiger partial charge in [0.05, 0.1) is 5.69 Å². The molecule has 1 unspecified atom stereocenters. The number of hydrogen-bond donors (Lipinski definition) is 1. The number of rotatable bonds is 4. The number of anilines is 1. The Balaban J connectivity index is 1.30. The predicted molar refractivity (Wildman–Crippen MR) is 92.4 cm³/mol. The quantitative estimate of drug-likeness (QED) is 0.934. The maximum Gasteiger partial charge on any atom is 0.152 e.